The van der Waals surface area contributed by atoms with E-state index in [9.17, 15) is 0 Å². The lowest BCUT2D eigenvalue weighted by molar-refractivity contribution is 0.731. The molecule has 0 saturated carbocycles. The first-order chi connectivity index (χ1) is 12.1. The quantitative estimate of drug-likeness (QED) is 0.444. The van der Waals surface area contributed by atoms with Gasteiger partial charge < -0.3 is 0 Å². The van der Waals surface area contributed by atoms with Gasteiger partial charge in [-0.3, -0.25) is 4.57 Å². The van der Waals surface area contributed by atoms with E-state index in [-0.39, 0.29) is 0 Å². The van der Waals surface area contributed by atoms with E-state index in [0.717, 1.165) is 22.3 Å². The monoisotopic (exact) mass is 349 g/mol. The molecule has 0 saturated heterocycles. The van der Waals surface area contributed by atoms with Crippen molar-refractivity contribution >= 4 is 11.8 Å². The van der Waals surface area contributed by atoms with E-state index in [4.69, 9.17) is 0 Å². The lowest BCUT2D eigenvalue weighted by Gasteiger charge is -2.09. The third-order valence-corrected chi connectivity index (χ3v) is 5.22. The molecule has 0 aliphatic heterocycles. The normalized spacial score (nSPS) is 10.8. The highest BCUT2D eigenvalue weighted by atomic mass is 32.2. The van der Waals surface area contributed by atoms with Crippen LogP contribution in [0.1, 0.15) is 22.3 Å². The second-order valence-corrected chi connectivity index (χ2v) is 7.23. The number of allylic oxidation sites excluding steroid dienone is 1. The van der Waals surface area contributed by atoms with Crippen molar-refractivity contribution in [3.63, 3.8) is 0 Å². The minimum absolute atomic E-state index is 0.700. The molecule has 0 N–H and O–H groups in total. The maximum absolute atomic E-state index is 4.43. The number of thioether (sulfide) groups is 1. The van der Waals surface area contributed by atoms with Crippen LogP contribution in [-0.4, -0.2) is 14.8 Å². The van der Waals surface area contributed by atoms with Crippen LogP contribution in [0.4, 0.5) is 0 Å². The van der Waals surface area contributed by atoms with Gasteiger partial charge in [0.15, 0.2) is 11.0 Å². The summed E-state index contributed by atoms with van der Waals surface area (Å²) >= 11 is 1.72. The first-order valence-electron chi connectivity index (χ1n) is 8.38. The molecule has 0 fully saturated rings. The maximum atomic E-state index is 4.43. The van der Waals surface area contributed by atoms with Crippen LogP contribution in [0.3, 0.4) is 0 Å². The van der Waals surface area contributed by atoms with Crippen LogP contribution >= 0.6 is 11.8 Å². The Morgan fingerprint density at radius 1 is 1.00 bits per heavy atom. The van der Waals surface area contributed by atoms with E-state index < -0.39 is 0 Å². The SMILES string of the molecule is C=CCn1c(SCc2cc(C)ccc2C)nnc1-c1ccc(C)cc1. The van der Waals surface area contributed by atoms with Crippen LogP contribution in [0.15, 0.2) is 60.3 Å². The van der Waals surface area contributed by atoms with Crippen molar-refractivity contribution < 1.29 is 0 Å². The standard InChI is InChI=1S/C21H23N3S/c1-5-12-24-20(18-10-7-15(2)8-11-18)22-23-21(24)25-14-19-13-16(3)6-9-17(19)4/h5-11,13H,1,12,14H2,2-4H3. The van der Waals surface area contributed by atoms with Gasteiger partial charge in [-0.2, -0.15) is 0 Å². The molecule has 4 heteroatoms. The zero-order chi connectivity index (χ0) is 17.8. The molecule has 1 heterocycles. The summed E-state index contributed by atoms with van der Waals surface area (Å²) in [7, 11) is 0. The molecule has 1 aromatic heterocycles. The number of hydrogen-bond donors (Lipinski definition) is 0. The van der Waals surface area contributed by atoms with Crippen molar-refractivity contribution in [3.8, 4) is 11.4 Å². The van der Waals surface area contributed by atoms with E-state index in [2.05, 4.69) is 84.6 Å². The molecule has 2 aromatic carbocycles. The summed E-state index contributed by atoms with van der Waals surface area (Å²) in [6, 6.07) is 15.0. The highest BCUT2D eigenvalue weighted by molar-refractivity contribution is 7.98. The molecule has 25 heavy (non-hydrogen) atoms. The van der Waals surface area contributed by atoms with Crippen LogP contribution in [0, 0.1) is 20.8 Å². The Kier molecular flexibility index (Phi) is 5.39. The molecule has 0 bridgehead atoms. The van der Waals surface area contributed by atoms with Crippen LogP contribution in [0.2, 0.25) is 0 Å². The van der Waals surface area contributed by atoms with Gasteiger partial charge in [0.1, 0.15) is 0 Å². The lowest BCUT2D eigenvalue weighted by Crippen LogP contribution is -2.01. The van der Waals surface area contributed by atoms with Gasteiger partial charge in [0.2, 0.25) is 0 Å². The number of aryl methyl sites for hydroxylation is 3. The fourth-order valence-electron chi connectivity index (χ4n) is 2.70. The average Bonchev–Trinajstić information content (AvgIpc) is 2.99. The summed E-state index contributed by atoms with van der Waals surface area (Å²) in [5.41, 5.74) is 6.26. The molecular weight excluding hydrogens is 326 g/mol. The molecule has 128 valence electrons. The van der Waals surface area contributed by atoms with Crippen molar-refractivity contribution in [3.05, 3.63) is 77.4 Å². The highest BCUT2D eigenvalue weighted by Crippen LogP contribution is 2.28. The second kappa shape index (κ2) is 7.70. The summed E-state index contributed by atoms with van der Waals surface area (Å²) in [6.45, 7) is 11.0. The predicted octanol–water partition coefficient (Wildman–Crippen LogP) is 5.35. The molecule has 0 aliphatic carbocycles. The minimum atomic E-state index is 0.700. The zero-order valence-corrected chi connectivity index (χ0v) is 15.8. The van der Waals surface area contributed by atoms with Crippen molar-refractivity contribution in [2.45, 2.75) is 38.2 Å². The van der Waals surface area contributed by atoms with Crippen molar-refractivity contribution in [2.75, 3.05) is 0 Å². The predicted molar refractivity (Wildman–Crippen MR) is 106 cm³/mol. The van der Waals surface area contributed by atoms with Gasteiger partial charge in [-0.25, -0.2) is 0 Å². The summed E-state index contributed by atoms with van der Waals surface area (Å²) in [6.07, 6.45) is 1.89. The molecule has 3 aromatic rings. The van der Waals surface area contributed by atoms with Gasteiger partial charge in [0.05, 0.1) is 0 Å². The molecule has 0 atom stereocenters. The van der Waals surface area contributed by atoms with Gasteiger partial charge in [0.25, 0.3) is 0 Å². The zero-order valence-electron chi connectivity index (χ0n) is 15.0. The molecule has 3 nitrogen and oxygen atoms in total. The van der Waals surface area contributed by atoms with Gasteiger partial charge >= 0.3 is 0 Å². The van der Waals surface area contributed by atoms with E-state index in [1.54, 1.807) is 11.8 Å². The van der Waals surface area contributed by atoms with Crippen LogP contribution in [-0.2, 0) is 12.3 Å². The van der Waals surface area contributed by atoms with Gasteiger partial charge in [-0.05, 0) is 31.9 Å². The van der Waals surface area contributed by atoms with Crippen molar-refractivity contribution in [1.29, 1.82) is 0 Å². The summed E-state index contributed by atoms with van der Waals surface area (Å²) in [5, 5.41) is 9.79. The van der Waals surface area contributed by atoms with Crippen molar-refractivity contribution in [1.82, 2.24) is 14.8 Å². The topological polar surface area (TPSA) is 30.7 Å². The van der Waals surface area contributed by atoms with E-state index in [0.29, 0.717) is 6.54 Å². The molecule has 0 aliphatic rings. The first-order valence-corrected chi connectivity index (χ1v) is 9.37. The van der Waals surface area contributed by atoms with Crippen LogP contribution < -0.4 is 0 Å². The molecule has 0 unspecified atom stereocenters. The van der Waals surface area contributed by atoms with E-state index in [1.165, 1.54) is 22.3 Å². The van der Waals surface area contributed by atoms with Crippen LogP contribution in [0.25, 0.3) is 11.4 Å². The Labute approximate surface area is 153 Å². The molecule has 3 rings (SSSR count). The van der Waals surface area contributed by atoms with Gasteiger partial charge in [0, 0.05) is 17.9 Å². The Morgan fingerprint density at radius 2 is 1.72 bits per heavy atom. The molecular formula is C21H23N3S. The van der Waals surface area contributed by atoms with Gasteiger partial charge in [-0.1, -0.05) is 71.4 Å². The average molecular weight is 350 g/mol. The smallest absolute Gasteiger partial charge is 0.192 e. The summed E-state index contributed by atoms with van der Waals surface area (Å²) in [4.78, 5) is 0. The first kappa shape index (κ1) is 17.5. The second-order valence-electron chi connectivity index (χ2n) is 6.29. The fraction of sp³-hybridized carbons (Fsp3) is 0.238. The molecule has 0 spiro atoms. The maximum Gasteiger partial charge on any atom is 0.192 e. The third-order valence-electron chi connectivity index (χ3n) is 4.20. The Bertz CT molecular complexity index is 879. The van der Waals surface area contributed by atoms with Gasteiger partial charge in [-0.15, -0.1) is 16.8 Å². The highest BCUT2D eigenvalue weighted by Gasteiger charge is 2.14. The fourth-order valence-corrected chi connectivity index (χ4v) is 3.71. The number of nitrogens with zero attached hydrogens (tertiary/aromatic N) is 3. The van der Waals surface area contributed by atoms with E-state index >= 15 is 0 Å². The van der Waals surface area contributed by atoms with Crippen LogP contribution in [0.5, 0.6) is 0 Å². The van der Waals surface area contributed by atoms with E-state index in [1.807, 2.05) is 6.08 Å². The Morgan fingerprint density at radius 3 is 2.44 bits per heavy atom. The Hall–Kier alpha value is -2.33. The molecule has 0 radical (unpaired) electrons. The summed E-state index contributed by atoms with van der Waals surface area (Å²) < 4.78 is 2.13. The largest absolute Gasteiger partial charge is 0.298 e. The number of hydrogen-bond acceptors (Lipinski definition) is 3. The summed E-state index contributed by atoms with van der Waals surface area (Å²) in [5.74, 6) is 1.78. The number of rotatable bonds is 6. The number of benzene rings is 2. The lowest BCUT2D eigenvalue weighted by atomic mass is 10.1. The molecule has 0 amide bonds. The minimum Gasteiger partial charge on any atom is -0.298 e. The third kappa shape index (κ3) is 4.02. The Balaban J connectivity index is 1.87. The van der Waals surface area contributed by atoms with Crippen molar-refractivity contribution in [2.24, 2.45) is 0 Å². The number of aromatic nitrogens is 3.